The first-order valence-electron chi connectivity index (χ1n) is 5.95. The summed E-state index contributed by atoms with van der Waals surface area (Å²) >= 11 is 0. The average Bonchev–Trinajstić information content (AvgIpc) is 2.24. The summed E-state index contributed by atoms with van der Waals surface area (Å²) in [5.74, 6) is -0.281. The lowest BCUT2D eigenvalue weighted by atomic mass is 10.2. The van der Waals surface area contributed by atoms with Crippen molar-refractivity contribution >= 4 is 5.91 Å². The van der Waals surface area contributed by atoms with Gasteiger partial charge in [-0.05, 0) is 13.0 Å². The van der Waals surface area contributed by atoms with Crippen molar-refractivity contribution in [2.24, 2.45) is 5.73 Å². The third kappa shape index (κ3) is 4.47. The van der Waals surface area contributed by atoms with Gasteiger partial charge >= 0.3 is 0 Å². The van der Waals surface area contributed by atoms with Gasteiger partial charge in [0, 0.05) is 19.1 Å². The molecule has 1 heterocycles. The molecule has 0 aromatic carbocycles. The van der Waals surface area contributed by atoms with E-state index in [1.54, 1.807) is 0 Å². The summed E-state index contributed by atoms with van der Waals surface area (Å²) in [7, 11) is 0. The van der Waals surface area contributed by atoms with Crippen LogP contribution in [-0.2, 0) is 9.53 Å². The van der Waals surface area contributed by atoms with Crippen LogP contribution in [0.3, 0.4) is 0 Å². The van der Waals surface area contributed by atoms with Crippen LogP contribution >= 0.6 is 0 Å². The molecule has 0 bridgehead atoms. The summed E-state index contributed by atoms with van der Waals surface area (Å²) in [6.07, 6.45) is 1.03. The monoisotopic (exact) mass is 229 g/mol. The Kier molecular flexibility index (Phi) is 5.73. The lowest BCUT2D eigenvalue weighted by Gasteiger charge is -2.33. The molecule has 1 aliphatic heterocycles. The molecule has 16 heavy (non-hydrogen) atoms. The largest absolute Gasteiger partial charge is 0.378 e. The van der Waals surface area contributed by atoms with Crippen molar-refractivity contribution in [3.05, 3.63) is 0 Å². The van der Waals surface area contributed by atoms with Gasteiger partial charge < -0.3 is 15.8 Å². The van der Waals surface area contributed by atoms with Crippen LogP contribution in [0.4, 0.5) is 0 Å². The van der Waals surface area contributed by atoms with E-state index in [4.69, 9.17) is 10.5 Å². The normalized spacial score (nSPS) is 22.6. The number of rotatable bonds is 6. The molecule has 0 spiro atoms. The summed E-state index contributed by atoms with van der Waals surface area (Å²) in [6.45, 7) is 8.06. The average molecular weight is 229 g/mol. The number of nitrogens with one attached hydrogen (secondary N) is 1. The van der Waals surface area contributed by atoms with Crippen molar-refractivity contribution in [3.63, 3.8) is 0 Å². The number of primary amides is 1. The van der Waals surface area contributed by atoms with Crippen molar-refractivity contribution in [3.8, 4) is 0 Å². The zero-order chi connectivity index (χ0) is 12.0. The fourth-order valence-electron chi connectivity index (χ4n) is 1.84. The molecule has 0 aromatic rings. The zero-order valence-corrected chi connectivity index (χ0v) is 10.2. The predicted molar refractivity (Wildman–Crippen MR) is 63.1 cm³/mol. The SMILES string of the molecule is CC(C)NCCCN1CCOCC1C(N)=O. The van der Waals surface area contributed by atoms with Crippen LogP contribution in [0.1, 0.15) is 20.3 Å². The van der Waals surface area contributed by atoms with Crippen molar-refractivity contribution in [1.29, 1.82) is 0 Å². The summed E-state index contributed by atoms with van der Waals surface area (Å²) < 4.78 is 5.26. The fourth-order valence-corrected chi connectivity index (χ4v) is 1.84. The van der Waals surface area contributed by atoms with Gasteiger partial charge in [-0.15, -0.1) is 0 Å². The Morgan fingerprint density at radius 1 is 1.62 bits per heavy atom. The lowest BCUT2D eigenvalue weighted by Crippen LogP contribution is -2.52. The van der Waals surface area contributed by atoms with E-state index in [-0.39, 0.29) is 11.9 Å². The second-order valence-corrected chi connectivity index (χ2v) is 4.49. The van der Waals surface area contributed by atoms with Crippen LogP contribution in [0, 0.1) is 0 Å². The molecule has 1 saturated heterocycles. The van der Waals surface area contributed by atoms with E-state index in [1.807, 2.05) is 0 Å². The van der Waals surface area contributed by atoms with E-state index in [0.717, 1.165) is 26.1 Å². The van der Waals surface area contributed by atoms with Gasteiger partial charge in [-0.3, -0.25) is 9.69 Å². The maximum Gasteiger partial charge on any atom is 0.237 e. The molecule has 0 aliphatic carbocycles. The van der Waals surface area contributed by atoms with E-state index in [1.165, 1.54) is 0 Å². The van der Waals surface area contributed by atoms with E-state index in [0.29, 0.717) is 19.3 Å². The Morgan fingerprint density at radius 2 is 2.38 bits per heavy atom. The number of hydrogen-bond donors (Lipinski definition) is 2. The van der Waals surface area contributed by atoms with E-state index >= 15 is 0 Å². The lowest BCUT2D eigenvalue weighted by molar-refractivity contribution is -0.129. The minimum atomic E-state index is -0.281. The Bertz CT molecular complexity index is 221. The molecule has 1 fully saturated rings. The number of nitrogens with two attached hydrogens (primary N) is 1. The standard InChI is InChI=1S/C11H23N3O2/c1-9(2)13-4-3-5-14-6-7-16-8-10(14)11(12)15/h9-10,13H,3-8H2,1-2H3,(H2,12,15). The van der Waals surface area contributed by atoms with Gasteiger partial charge in [0.2, 0.25) is 5.91 Å². The third-order valence-electron chi connectivity index (χ3n) is 2.74. The summed E-state index contributed by atoms with van der Waals surface area (Å²) in [5, 5.41) is 3.36. The predicted octanol–water partition coefficient (Wildman–Crippen LogP) is -0.439. The van der Waals surface area contributed by atoms with Gasteiger partial charge in [-0.25, -0.2) is 0 Å². The number of carbonyl (C=O) groups is 1. The smallest absolute Gasteiger partial charge is 0.237 e. The van der Waals surface area contributed by atoms with Gasteiger partial charge in [0.05, 0.1) is 13.2 Å². The summed E-state index contributed by atoms with van der Waals surface area (Å²) in [5.41, 5.74) is 5.33. The third-order valence-corrected chi connectivity index (χ3v) is 2.74. The summed E-state index contributed by atoms with van der Waals surface area (Å²) in [6, 6.07) is 0.268. The first kappa shape index (κ1) is 13.4. The molecular formula is C11H23N3O2. The second-order valence-electron chi connectivity index (χ2n) is 4.49. The second kappa shape index (κ2) is 6.83. The number of morpholine rings is 1. The van der Waals surface area contributed by atoms with Crippen LogP contribution in [0.5, 0.6) is 0 Å². The van der Waals surface area contributed by atoms with Gasteiger partial charge in [-0.2, -0.15) is 0 Å². The Morgan fingerprint density at radius 3 is 3.00 bits per heavy atom. The van der Waals surface area contributed by atoms with Crippen molar-refractivity contribution in [2.75, 3.05) is 32.8 Å². The minimum Gasteiger partial charge on any atom is -0.378 e. The molecule has 1 aliphatic rings. The van der Waals surface area contributed by atoms with Crippen LogP contribution in [-0.4, -0.2) is 55.7 Å². The van der Waals surface area contributed by atoms with Crippen molar-refractivity contribution < 1.29 is 9.53 Å². The number of ether oxygens (including phenoxy) is 1. The molecule has 1 atom stereocenters. The Balaban J connectivity index is 2.24. The zero-order valence-electron chi connectivity index (χ0n) is 10.2. The van der Waals surface area contributed by atoms with Crippen LogP contribution in [0.15, 0.2) is 0 Å². The van der Waals surface area contributed by atoms with E-state index < -0.39 is 0 Å². The topological polar surface area (TPSA) is 67.6 Å². The van der Waals surface area contributed by atoms with Crippen LogP contribution < -0.4 is 11.1 Å². The molecule has 1 rings (SSSR count). The molecule has 0 saturated carbocycles. The molecule has 94 valence electrons. The molecule has 1 unspecified atom stereocenters. The number of carbonyl (C=O) groups excluding carboxylic acids is 1. The quantitative estimate of drug-likeness (QED) is 0.606. The van der Waals surface area contributed by atoms with E-state index in [9.17, 15) is 4.79 Å². The van der Waals surface area contributed by atoms with Crippen LogP contribution in [0.2, 0.25) is 0 Å². The van der Waals surface area contributed by atoms with Gasteiger partial charge in [0.1, 0.15) is 6.04 Å². The molecule has 3 N–H and O–H groups in total. The number of hydrogen-bond acceptors (Lipinski definition) is 4. The first-order chi connectivity index (χ1) is 7.61. The highest BCUT2D eigenvalue weighted by Gasteiger charge is 2.26. The van der Waals surface area contributed by atoms with E-state index in [2.05, 4.69) is 24.1 Å². The highest BCUT2D eigenvalue weighted by molar-refractivity contribution is 5.80. The first-order valence-corrected chi connectivity index (χ1v) is 5.95. The Labute approximate surface area is 97.3 Å². The molecular weight excluding hydrogens is 206 g/mol. The van der Waals surface area contributed by atoms with Crippen molar-refractivity contribution in [1.82, 2.24) is 10.2 Å². The minimum absolute atomic E-state index is 0.243. The number of nitrogens with zero attached hydrogens (tertiary/aromatic N) is 1. The maximum atomic E-state index is 11.2. The van der Waals surface area contributed by atoms with Gasteiger partial charge in [-0.1, -0.05) is 13.8 Å². The fraction of sp³-hybridized carbons (Fsp3) is 0.909. The van der Waals surface area contributed by atoms with Gasteiger partial charge in [0.25, 0.3) is 0 Å². The van der Waals surface area contributed by atoms with Crippen LogP contribution in [0.25, 0.3) is 0 Å². The highest BCUT2D eigenvalue weighted by Crippen LogP contribution is 2.06. The molecule has 5 heteroatoms. The highest BCUT2D eigenvalue weighted by atomic mass is 16.5. The molecule has 5 nitrogen and oxygen atoms in total. The van der Waals surface area contributed by atoms with Gasteiger partial charge in [0.15, 0.2) is 0 Å². The summed E-state index contributed by atoms with van der Waals surface area (Å²) in [4.78, 5) is 13.3. The maximum absolute atomic E-state index is 11.2. The molecule has 0 radical (unpaired) electrons. The molecule has 0 aromatic heterocycles. The van der Waals surface area contributed by atoms with Crippen molar-refractivity contribution in [2.45, 2.75) is 32.4 Å². The number of amides is 1. The molecule has 1 amide bonds. The Hall–Kier alpha value is -0.650.